The summed E-state index contributed by atoms with van der Waals surface area (Å²) in [6, 6.07) is 20.5. The van der Waals surface area contributed by atoms with Crippen LogP contribution in [0.15, 0.2) is 85.1 Å². The quantitative estimate of drug-likeness (QED) is 0.278. The molecule has 3 nitrogen and oxygen atoms in total. The normalized spacial score (nSPS) is 13.2. The summed E-state index contributed by atoms with van der Waals surface area (Å²) in [5.41, 5.74) is 7.08. The van der Waals surface area contributed by atoms with Gasteiger partial charge in [0.15, 0.2) is 0 Å². The number of carbonyl (C=O) groups excluding carboxylic acids is 1. The highest BCUT2D eigenvalue weighted by Crippen LogP contribution is 2.36. The number of aromatic nitrogens is 1. The first-order valence-electron chi connectivity index (χ1n) is 12.4. The Morgan fingerprint density at radius 2 is 1.70 bits per heavy atom. The summed E-state index contributed by atoms with van der Waals surface area (Å²) in [5.74, 6) is -1.50. The van der Waals surface area contributed by atoms with Crippen LogP contribution in [-0.2, 0) is 17.6 Å². The number of rotatable bonds is 8. The van der Waals surface area contributed by atoms with Gasteiger partial charge >= 0.3 is 0 Å². The molecule has 0 saturated carbocycles. The maximum absolute atomic E-state index is 14.0. The summed E-state index contributed by atoms with van der Waals surface area (Å²) < 4.78 is 28.1. The second kappa shape index (κ2) is 10.5. The van der Waals surface area contributed by atoms with Gasteiger partial charge in [-0.2, -0.15) is 0 Å². The molecule has 0 spiro atoms. The van der Waals surface area contributed by atoms with Gasteiger partial charge in [-0.25, -0.2) is 8.78 Å². The molecule has 0 bridgehead atoms. The van der Waals surface area contributed by atoms with Crippen molar-refractivity contribution in [1.29, 1.82) is 0 Å². The van der Waals surface area contributed by atoms with Crippen molar-refractivity contribution < 1.29 is 18.7 Å². The molecule has 5 heteroatoms. The highest BCUT2D eigenvalue weighted by Gasteiger charge is 2.25. The molecule has 4 aromatic rings. The minimum Gasteiger partial charge on any atom is -0.508 e. The maximum atomic E-state index is 14.0. The smallest absolute Gasteiger partial charge is 0.137 e. The molecule has 37 heavy (non-hydrogen) atoms. The third-order valence-corrected chi connectivity index (χ3v) is 6.93. The largest absolute Gasteiger partial charge is 0.508 e. The van der Waals surface area contributed by atoms with E-state index in [0.717, 1.165) is 51.6 Å². The number of hydrogen-bond acceptors (Lipinski definition) is 3. The topological polar surface area (TPSA) is 50.2 Å². The lowest BCUT2D eigenvalue weighted by molar-refractivity contribution is -0.118. The zero-order valence-corrected chi connectivity index (χ0v) is 20.5. The summed E-state index contributed by atoms with van der Waals surface area (Å²) in [6.45, 7) is 2.02. The van der Waals surface area contributed by atoms with E-state index in [1.807, 2.05) is 55.5 Å². The van der Waals surface area contributed by atoms with Crippen LogP contribution >= 0.6 is 0 Å². The number of halogens is 2. The minimum atomic E-state index is -0.646. The van der Waals surface area contributed by atoms with E-state index < -0.39 is 11.6 Å². The van der Waals surface area contributed by atoms with Gasteiger partial charge < -0.3 is 5.11 Å². The van der Waals surface area contributed by atoms with Crippen molar-refractivity contribution in [2.24, 2.45) is 0 Å². The summed E-state index contributed by atoms with van der Waals surface area (Å²) in [4.78, 5) is 18.1. The monoisotopic (exact) mass is 495 g/mol. The van der Waals surface area contributed by atoms with Crippen LogP contribution in [0.1, 0.15) is 46.7 Å². The molecule has 1 unspecified atom stereocenters. The molecule has 1 aliphatic rings. The summed E-state index contributed by atoms with van der Waals surface area (Å²) in [5, 5.41) is 9.93. The summed E-state index contributed by atoms with van der Waals surface area (Å²) in [6.07, 6.45) is 5.10. The molecule has 0 fully saturated rings. The van der Waals surface area contributed by atoms with Crippen LogP contribution < -0.4 is 0 Å². The van der Waals surface area contributed by atoms with Crippen LogP contribution in [0.3, 0.4) is 0 Å². The standard InChI is InChI=1S/C32H27F2NO2/c1-20-5-2-3-6-29(20)30-7-4-12-35-32(30)24(13-21-14-25(33)18-26(34)15-21)17-28(37)16-23-9-8-22-10-11-27(36)19-31(22)23/h2-7,9-12,14-15,18-19,24,36H,8,13,16-17H2,1H3. The molecule has 0 amide bonds. The van der Waals surface area contributed by atoms with Crippen molar-refractivity contribution in [2.45, 2.75) is 38.5 Å². The van der Waals surface area contributed by atoms with E-state index in [1.54, 1.807) is 18.3 Å². The second-order valence-corrected chi connectivity index (χ2v) is 9.62. The number of aromatic hydroxyl groups is 1. The third-order valence-electron chi connectivity index (χ3n) is 6.93. The Labute approximate surface area is 215 Å². The van der Waals surface area contributed by atoms with Crippen LogP contribution in [0.2, 0.25) is 0 Å². The molecule has 0 aliphatic heterocycles. The first-order chi connectivity index (χ1) is 17.9. The molecule has 186 valence electrons. The van der Waals surface area contributed by atoms with Crippen LogP contribution in [0.4, 0.5) is 8.78 Å². The Morgan fingerprint density at radius 3 is 2.49 bits per heavy atom. The average Bonchev–Trinajstić information content (AvgIpc) is 3.25. The Bertz CT molecular complexity index is 1490. The first kappa shape index (κ1) is 24.6. The van der Waals surface area contributed by atoms with Crippen molar-refractivity contribution in [2.75, 3.05) is 0 Å². The third kappa shape index (κ3) is 5.51. The number of pyridine rings is 1. The number of phenols is 1. The maximum Gasteiger partial charge on any atom is 0.137 e. The molecule has 1 atom stereocenters. The average molecular weight is 496 g/mol. The lowest BCUT2D eigenvalue weighted by Gasteiger charge is -2.21. The second-order valence-electron chi connectivity index (χ2n) is 9.62. The Balaban J connectivity index is 1.48. The summed E-state index contributed by atoms with van der Waals surface area (Å²) >= 11 is 0. The van der Waals surface area contributed by atoms with Crippen molar-refractivity contribution in [1.82, 2.24) is 4.98 Å². The van der Waals surface area contributed by atoms with Gasteiger partial charge in [-0.3, -0.25) is 9.78 Å². The Kier molecular flexibility index (Phi) is 6.95. The van der Waals surface area contributed by atoms with Crippen LogP contribution in [0.25, 0.3) is 16.7 Å². The first-order valence-corrected chi connectivity index (χ1v) is 12.4. The van der Waals surface area contributed by atoms with E-state index in [2.05, 4.69) is 4.98 Å². The molecule has 5 rings (SSSR count). The van der Waals surface area contributed by atoms with Crippen molar-refractivity contribution in [3.8, 4) is 16.9 Å². The molecule has 1 aromatic heterocycles. The lowest BCUT2D eigenvalue weighted by atomic mass is 9.85. The van der Waals surface area contributed by atoms with Crippen LogP contribution in [0.5, 0.6) is 5.75 Å². The number of ketones is 1. The predicted octanol–water partition coefficient (Wildman–Crippen LogP) is 7.36. The van der Waals surface area contributed by atoms with Gasteiger partial charge in [0, 0.05) is 36.6 Å². The molecule has 1 N–H and O–H groups in total. The highest BCUT2D eigenvalue weighted by molar-refractivity contribution is 5.92. The number of carbonyl (C=O) groups is 1. The SMILES string of the molecule is Cc1ccccc1-c1cccnc1C(CC(=O)CC1=CCc2ccc(O)cc21)Cc1cc(F)cc(F)c1. The molecular formula is C32H27F2NO2. The number of fused-ring (bicyclic) bond motifs is 1. The fourth-order valence-corrected chi connectivity index (χ4v) is 5.24. The molecule has 0 saturated heterocycles. The van der Waals surface area contributed by atoms with Crippen LogP contribution in [0, 0.1) is 18.6 Å². The number of phenolic OH excluding ortho intramolecular Hbond substituents is 1. The van der Waals surface area contributed by atoms with Crippen molar-refractivity contribution in [3.63, 3.8) is 0 Å². The van der Waals surface area contributed by atoms with E-state index >= 15 is 0 Å². The molecule has 1 aliphatic carbocycles. The minimum absolute atomic E-state index is 0.00528. The van der Waals surface area contributed by atoms with Gasteiger partial charge in [0.25, 0.3) is 0 Å². The van der Waals surface area contributed by atoms with E-state index in [4.69, 9.17) is 0 Å². The molecular weight excluding hydrogens is 468 g/mol. The fourth-order valence-electron chi connectivity index (χ4n) is 5.24. The van der Waals surface area contributed by atoms with Crippen LogP contribution in [-0.4, -0.2) is 15.9 Å². The molecule has 3 aromatic carbocycles. The van der Waals surface area contributed by atoms with Gasteiger partial charge in [-0.05, 0) is 83.5 Å². The number of benzene rings is 3. The van der Waals surface area contributed by atoms with E-state index in [-0.39, 0.29) is 36.7 Å². The number of Topliss-reactive ketones (excluding diaryl/α,β-unsaturated/α-hetero) is 1. The predicted molar refractivity (Wildman–Crippen MR) is 141 cm³/mol. The van der Waals surface area contributed by atoms with Crippen molar-refractivity contribution >= 4 is 11.4 Å². The number of nitrogens with zero attached hydrogens (tertiary/aromatic N) is 1. The number of allylic oxidation sites excluding steroid dienone is 2. The Hall–Kier alpha value is -4.12. The van der Waals surface area contributed by atoms with Gasteiger partial charge in [0.1, 0.15) is 23.2 Å². The van der Waals surface area contributed by atoms with Gasteiger partial charge in [0.05, 0.1) is 5.69 Å². The summed E-state index contributed by atoms with van der Waals surface area (Å²) in [7, 11) is 0. The zero-order chi connectivity index (χ0) is 25.9. The van der Waals surface area contributed by atoms with E-state index in [9.17, 15) is 18.7 Å². The molecule has 1 heterocycles. The highest BCUT2D eigenvalue weighted by atomic mass is 19.1. The molecule has 0 radical (unpaired) electrons. The van der Waals surface area contributed by atoms with Gasteiger partial charge in [-0.1, -0.05) is 42.5 Å². The fraction of sp³-hybridized carbons (Fsp3) is 0.188. The van der Waals surface area contributed by atoms with E-state index in [1.165, 1.54) is 12.1 Å². The lowest BCUT2D eigenvalue weighted by Crippen LogP contribution is -2.13. The van der Waals surface area contributed by atoms with E-state index in [0.29, 0.717) is 5.56 Å². The van der Waals surface area contributed by atoms with Gasteiger partial charge in [0.2, 0.25) is 0 Å². The van der Waals surface area contributed by atoms with Crippen molar-refractivity contribution in [3.05, 3.63) is 125 Å². The Morgan fingerprint density at radius 1 is 0.946 bits per heavy atom. The number of hydrogen-bond donors (Lipinski definition) is 1. The van der Waals surface area contributed by atoms with Gasteiger partial charge in [-0.15, -0.1) is 0 Å². The zero-order valence-electron chi connectivity index (χ0n) is 20.5. The number of aryl methyl sites for hydroxylation is 1.